The molecule has 1 N–H and O–H groups in total. The van der Waals surface area contributed by atoms with Gasteiger partial charge < -0.3 is 4.57 Å². The summed E-state index contributed by atoms with van der Waals surface area (Å²) in [6, 6.07) is 0.539. The monoisotopic (exact) mass is 260 g/mol. The minimum absolute atomic E-state index is 0.539. The highest BCUT2D eigenvalue weighted by Crippen LogP contribution is 2.20. The van der Waals surface area contributed by atoms with Gasteiger partial charge in [0.1, 0.15) is 0 Å². The van der Waals surface area contributed by atoms with E-state index in [0.717, 1.165) is 0 Å². The summed E-state index contributed by atoms with van der Waals surface area (Å²) in [4.78, 5) is 3.91. The quantitative estimate of drug-likeness (QED) is 0.618. The van der Waals surface area contributed by atoms with Gasteiger partial charge in [0.15, 0.2) is 0 Å². The molecule has 0 radical (unpaired) electrons. The van der Waals surface area contributed by atoms with Crippen LogP contribution in [0.25, 0.3) is 0 Å². The zero-order valence-electron chi connectivity index (χ0n) is 8.51. The van der Waals surface area contributed by atoms with Crippen LogP contribution in [0.2, 0.25) is 0 Å². The molecule has 0 saturated heterocycles. The molecule has 16 heavy (non-hydrogen) atoms. The zero-order valence-corrected chi connectivity index (χ0v) is 9.33. The second kappa shape index (κ2) is 5.30. The van der Waals surface area contributed by atoms with Crippen LogP contribution in [-0.2, 0) is 10.1 Å². The number of nitrogens with zero attached hydrogens (tertiary/aromatic N) is 2. The summed E-state index contributed by atoms with van der Waals surface area (Å²) in [7, 11) is -5.84. The van der Waals surface area contributed by atoms with Crippen molar-refractivity contribution in [1.29, 1.82) is 0 Å². The SMILES string of the molecule is CC(C)n1ccnc1.O=S(=O)(O)C(F)(F)F. The lowest BCUT2D eigenvalue weighted by molar-refractivity contribution is -0.0510. The van der Waals surface area contributed by atoms with Gasteiger partial charge in [-0.15, -0.1) is 0 Å². The molecule has 94 valence electrons. The summed E-state index contributed by atoms with van der Waals surface area (Å²) in [5.41, 5.74) is -5.53. The minimum Gasteiger partial charge on any atom is -0.335 e. The van der Waals surface area contributed by atoms with E-state index in [4.69, 9.17) is 13.0 Å². The number of rotatable bonds is 1. The van der Waals surface area contributed by atoms with Gasteiger partial charge in [-0.3, -0.25) is 4.55 Å². The zero-order chi connectivity index (χ0) is 13.0. The van der Waals surface area contributed by atoms with Gasteiger partial charge in [-0.2, -0.15) is 21.6 Å². The summed E-state index contributed by atoms with van der Waals surface area (Å²) >= 11 is 0. The van der Waals surface area contributed by atoms with Gasteiger partial charge >= 0.3 is 15.6 Å². The maximum Gasteiger partial charge on any atom is 0.522 e. The van der Waals surface area contributed by atoms with E-state index in [9.17, 15) is 13.2 Å². The molecular formula is C7H11F3N2O3S. The molecule has 0 bridgehead atoms. The maximum atomic E-state index is 10.7. The Morgan fingerprint density at radius 1 is 1.38 bits per heavy atom. The number of hydrogen-bond acceptors (Lipinski definition) is 3. The molecular weight excluding hydrogens is 249 g/mol. The Morgan fingerprint density at radius 2 is 1.81 bits per heavy atom. The molecule has 9 heteroatoms. The Morgan fingerprint density at radius 3 is 1.94 bits per heavy atom. The van der Waals surface area contributed by atoms with Crippen LogP contribution in [-0.4, -0.2) is 28.0 Å². The van der Waals surface area contributed by atoms with E-state index in [2.05, 4.69) is 23.4 Å². The second-order valence-corrected chi connectivity index (χ2v) is 4.44. The highest BCUT2D eigenvalue weighted by atomic mass is 32.2. The first-order chi connectivity index (χ1) is 7.05. The van der Waals surface area contributed by atoms with Gasteiger partial charge in [0.2, 0.25) is 0 Å². The summed E-state index contributed by atoms with van der Waals surface area (Å²) in [6.45, 7) is 4.25. The average Bonchev–Trinajstić information content (AvgIpc) is 2.51. The largest absolute Gasteiger partial charge is 0.522 e. The van der Waals surface area contributed by atoms with Crippen molar-refractivity contribution in [3.8, 4) is 0 Å². The number of aromatic nitrogens is 2. The van der Waals surface area contributed by atoms with E-state index < -0.39 is 15.6 Å². The van der Waals surface area contributed by atoms with Gasteiger partial charge in [-0.1, -0.05) is 0 Å². The standard InChI is InChI=1S/C6H10N2.CHF3O3S/c1-6(2)8-4-3-7-5-8;2-1(3,4)8(5,6)7/h3-6H,1-2H3;(H,5,6,7). The summed E-state index contributed by atoms with van der Waals surface area (Å²) in [6.07, 6.45) is 5.58. The topological polar surface area (TPSA) is 72.2 Å². The molecule has 1 heterocycles. The van der Waals surface area contributed by atoms with Crippen molar-refractivity contribution in [1.82, 2.24) is 9.55 Å². The lowest BCUT2D eigenvalue weighted by atomic mass is 10.4. The van der Waals surface area contributed by atoms with Crippen molar-refractivity contribution in [3.05, 3.63) is 18.7 Å². The fourth-order valence-corrected chi connectivity index (χ4v) is 0.575. The first-order valence-corrected chi connectivity index (χ1v) is 5.51. The molecule has 0 aliphatic rings. The van der Waals surface area contributed by atoms with Crippen molar-refractivity contribution in [2.24, 2.45) is 0 Å². The molecule has 1 aromatic heterocycles. The van der Waals surface area contributed by atoms with Crippen LogP contribution in [0.1, 0.15) is 19.9 Å². The Labute approximate surface area is 90.7 Å². The smallest absolute Gasteiger partial charge is 0.335 e. The van der Waals surface area contributed by atoms with Gasteiger partial charge in [0, 0.05) is 18.4 Å². The van der Waals surface area contributed by atoms with Crippen molar-refractivity contribution < 1.29 is 26.1 Å². The molecule has 0 fully saturated rings. The Hall–Kier alpha value is -1.09. The van der Waals surface area contributed by atoms with Gasteiger partial charge in [-0.05, 0) is 13.8 Å². The maximum absolute atomic E-state index is 10.7. The minimum atomic E-state index is -5.84. The third kappa shape index (κ3) is 5.12. The summed E-state index contributed by atoms with van der Waals surface area (Å²) < 4.78 is 59.6. The molecule has 0 unspecified atom stereocenters. The van der Waals surface area contributed by atoms with Crippen LogP contribution < -0.4 is 0 Å². The number of hydrogen-bond donors (Lipinski definition) is 1. The van der Waals surface area contributed by atoms with E-state index in [1.54, 1.807) is 6.20 Å². The van der Waals surface area contributed by atoms with Crippen molar-refractivity contribution >= 4 is 10.1 Å². The van der Waals surface area contributed by atoms with Crippen molar-refractivity contribution in [3.63, 3.8) is 0 Å². The molecule has 0 amide bonds. The lowest BCUT2D eigenvalue weighted by Crippen LogP contribution is -2.21. The van der Waals surface area contributed by atoms with Gasteiger partial charge in [0.05, 0.1) is 6.33 Å². The third-order valence-corrected chi connectivity index (χ3v) is 2.00. The van der Waals surface area contributed by atoms with Crippen LogP contribution in [0, 0.1) is 0 Å². The molecule has 0 aliphatic heterocycles. The van der Waals surface area contributed by atoms with E-state index >= 15 is 0 Å². The Balaban J connectivity index is 0.000000281. The first-order valence-electron chi connectivity index (χ1n) is 4.07. The second-order valence-electron chi connectivity index (χ2n) is 3.02. The van der Waals surface area contributed by atoms with Crippen LogP contribution in [0.3, 0.4) is 0 Å². The summed E-state index contributed by atoms with van der Waals surface area (Å²) in [5.74, 6) is 0. The normalized spacial score (nSPS) is 12.2. The van der Waals surface area contributed by atoms with E-state index in [-0.39, 0.29) is 0 Å². The van der Waals surface area contributed by atoms with E-state index in [1.807, 2.05) is 12.5 Å². The first kappa shape index (κ1) is 14.9. The third-order valence-electron chi connectivity index (χ3n) is 1.41. The van der Waals surface area contributed by atoms with Crippen LogP contribution in [0.15, 0.2) is 18.7 Å². The fourth-order valence-electron chi connectivity index (χ4n) is 0.575. The number of alkyl halides is 3. The average molecular weight is 260 g/mol. The highest BCUT2D eigenvalue weighted by molar-refractivity contribution is 7.86. The Bertz CT molecular complexity index is 397. The van der Waals surface area contributed by atoms with Crippen molar-refractivity contribution in [2.45, 2.75) is 25.4 Å². The van der Waals surface area contributed by atoms with Crippen LogP contribution in [0.4, 0.5) is 13.2 Å². The molecule has 1 aromatic rings. The predicted molar refractivity (Wildman–Crippen MR) is 50.2 cm³/mol. The van der Waals surface area contributed by atoms with Crippen molar-refractivity contribution in [2.75, 3.05) is 0 Å². The van der Waals surface area contributed by atoms with Crippen LogP contribution in [0.5, 0.6) is 0 Å². The van der Waals surface area contributed by atoms with Crippen LogP contribution >= 0.6 is 0 Å². The molecule has 1 rings (SSSR count). The Kier molecular flexibility index (Phi) is 4.94. The predicted octanol–water partition coefficient (Wildman–Crippen LogP) is 1.86. The fraction of sp³-hybridized carbons (Fsp3) is 0.571. The molecule has 0 spiro atoms. The molecule has 0 saturated carbocycles. The van der Waals surface area contributed by atoms with E-state index in [0.29, 0.717) is 6.04 Å². The molecule has 0 atom stereocenters. The van der Waals surface area contributed by atoms with Gasteiger partial charge in [0.25, 0.3) is 0 Å². The van der Waals surface area contributed by atoms with Gasteiger partial charge in [-0.25, -0.2) is 4.98 Å². The number of imidazole rings is 1. The molecule has 0 aromatic carbocycles. The molecule has 0 aliphatic carbocycles. The molecule has 5 nitrogen and oxygen atoms in total. The van der Waals surface area contributed by atoms with E-state index in [1.165, 1.54) is 0 Å². The lowest BCUT2D eigenvalue weighted by Gasteiger charge is -2.02. The highest BCUT2D eigenvalue weighted by Gasteiger charge is 2.44. The summed E-state index contributed by atoms with van der Waals surface area (Å²) in [5, 5.41) is 0. The number of halogens is 3.